The molecule has 0 atom stereocenters. The first-order valence-electron chi connectivity index (χ1n) is 9.31. The number of carbonyl (C=O) groups excluding carboxylic acids is 1. The Morgan fingerprint density at radius 2 is 1.86 bits per heavy atom. The number of carbonyl (C=O) groups is 1. The Morgan fingerprint density at radius 1 is 1.07 bits per heavy atom. The molecule has 6 heteroatoms. The number of aromatic nitrogens is 1. The molecule has 1 aromatic heterocycles. The average molecular weight is 395 g/mol. The van der Waals surface area contributed by atoms with Crippen LogP contribution in [0.4, 0.5) is 0 Å². The minimum absolute atomic E-state index is 0.0131. The van der Waals surface area contributed by atoms with Crippen LogP contribution in [0.15, 0.2) is 60.8 Å². The van der Waals surface area contributed by atoms with E-state index < -0.39 is 5.60 Å². The van der Waals surface area contributed by atoms with Crippen LogP contribution in [-0.4, -0.2) is 33.6 Å². The van der Waals surface area contributed by atoms with Crippen molar-refractivity contribution in [3.63, 3.8) is 0 Å². The van der Waals surface area contributed by atoms with Crippen LogP contribution in [0.25, 0.3) is 5.69 Å². The second-order valence-corrected chi connectivity index (χ2v) is 7.72. The Bertz CT molecular complexity index is 1070. The maximum atomic E-state index is 12.8. The van der Waals surface area contributed by atoms with Crippen molar-refractivity contribution in [1.82, 2.24) is 9.47 Å². The van der Waals surface area contributed by atoms with E-state index in [-0.39, 0.29) is 11.7 Å². The van der Waals surface area contributed by atoms with Crippen LogP contribution in [-0.2, 0) is 5.60 Å². The van der Waals surface area contributed by atoms with Gasteiger partial charge in [0.25, 0.3) is 5.91 Å². The lowest BCUT2D eigenvalue weighted by atomic mass is 9.86. The molecule has 28 heavy (non-hydrogen) atoms. The minimum atomic E-state index is -0.489. The van der Waals surface area contributed by atoms with Crippen LogP contribution in [0.5, 0.6) is 11.5 Å². The number of halogens is 1. The number of ether oxygens (including phenoxy) is 1. The van der Waals surface area contributed by atoms with Gasteiger partial charge in [-0.25, -0.2) is 0 Å². The molecule has 5 rings (SSSR count). The Kier molecular flexibility index (Phi) is 3.88. The molecule has 2 aliphatic rings. The van der Waals surface area contributed by atoms with Gasteiger partial charge in [0.2, 0.25) is 0 Å². The summed E-state index contributed by atoms with van der Waals surface area (Å²) >= 11 is 6.19. The first-order valence-corrected chi connectivity index (χ1v) is 9.69. The molecule has 0 saturated carbocycles. The fraction of sp³-hybridized carbons (Fsp3) is 0.227. The van der Waals surface area contributed by atoms with E-state index in [0.717, 1.165) is 17.1 Å². The van der Waals surface area contributed by atoms with Gasteiger partial charge in [-0.1, -0.05) is 23.7 Å². The summed E-state index contributed by atoms with van der Waals surface area (Å²) in [5.41, 5.74) is 1.92. The number of hydrogen-bond acceptors (Lipinski definition) is 3. The summed E-state index contributed by atoms with van der Waals surface area (Å²) < 4.78 is 8.64. The molecule has 3 heterocycles. The van der Waals surface area contributed by atoms with Gasteiger partial charge < -0.3 is 19.3 Å². The number of benzene rings is 2. The van der Waals surface area contributed by atoms with Crippen molar-refractivity contribution in [2.24, 2.45) is 0 Å². The smallest absolute Gasteiger partial charge is 0.257 e. The van der Waals surface area contributed by atoms with Gasteiger partial charge in [-0.3, -0.25) is 4.79 Å². The summed E-state index contributed by atoms with van der Waals surface area (Å²) in [5.74, 6) is 0.624. The zero-order chi connectivity index (χ0) is 19.3. The number of nitrogens with zero attached hydrogens (tertiary/aromatic N) is 2. The number of fused-ring (bicyclic) bond motifs is 4. The molecule has 3 aromatic rings. The molecule has 5 nitrogen and oxygen atoms in total. The summed E-state index contributed by atoms with van der Waals surface area (Å²) in [4.78, 5) is 14.6. The van der Waals surface area contributed by atoms with E-state index >= 15 is 0 Å². The highest BCUT2D eigenvalue weighted by Crippen LogP contribution is 2.45. The maximum Gasteiger partial charge on any atom is 0.257 e. The lowest BCUT2D eigenvalue weighted by Crippen LogP contribution is -2.50. The summed E-state index contributed by atoms with van der Waals surface area (Å²) in [6.07, 6.45) is 3.37. The zero-order valence-corrected chi connectivity index (χ0v) is 15.9. The maximum absolute atomic E-state index is 12.8. The number of aromatic hydroxyl groups is 1. The third-order valence-corrected chi connectivity index (χ3v) is 5.93. The summed E-state index contributed by atoms with van der Waals surface area (Å²) in [7, 11) is 0. The number of rotatable bonds is 1. The van der Waals surface area contributed by atoms with Crippen LogP contribution in [0.2, 0.25) is 5.02 Å². The van der Waals surface area contributed by atoms with E-state index in [4.69, 9.17) is 16.3 Å². The van der Waals surface area contributed by atoms with Gasteiger partial charge in [0.1, 0.15) is 11.5 Å². The van der Waals surface area contributed by atoms with Gasteiger partial charge in [0.05, 0.1) is 16.9 Å². The zero-order valence-electron chi connectivity index (χ0n) is 15.1. The summed E-state index contributed by atoms with van der Waals surface area (Å²) in [6.45, 7) is 1.10. The monoisotopic (exact) mass is 394 g/mol. The lowest BCUT2D eigenvalue weighted by Gasteiger charge is -2.45. The molecule has 142 valence electrons. The van der Waals surface area contributed by atoms with Crippen LogP contribution in [0.1, 0.15) is 28.9 Å². The quantitative estimate of drug-likeness (QED) is 0.667. The van der Waals surface area contributed by atoms with E-state index in [1.807, 2.05) is 30.5 Å². The number of para-hydroxylation sites is 1. The summed E-state index contributed by atoms with van der Waals surface area (Å²) in [5, 5.41) is 10.6. The second kappa shape index (κ2) is 6.31. The summed E-state index contributed by atoms with van der Waals surface area (Å²) in [6, 6.07) is 16.4. The molecule has 1 spiro atoms. The van der Waals surface area contributed by atoms with Crippen LogP contribution in [0, 0.1) is 0 Å². The molecule has 0 radical (unpaired) electrons. The lowest BCUT2D eigenvalue weighted by molar-refractivity contribution is -0.00935. The van der Waals surface area contributed by atoms with E-state index in [9.17, 15) is 9.90 Å². The van der Waals surface area contributed by atoms with Gasteiger partial charge in [-0.2, -0.15) is 0 Å². The Balaban J connectivity index is 1.43. The topological polar surface area (TPSA) is 54.7 Å². The van der Waals surface area contributed by atoms with Crippen molar-refractivity contribution >= 4 is 17.5 Å². The van der Waals surface area contributed by atoms with Crippen LogP contribution in [0.3, 0.4) is 0 Å². The molecule has 0 aliphatic carbocycles. The first kappa shape index (κ1) is 17.2. The third-order valence-electron chi connectivity index (χ3n) is 5.70. The average Bonchev–Trinajstić information content (AvgIpc) is 3.19. The van der Waals surface area contributed by atoms with Gasteiger partial charge in [-0.05, 0) is 36.4 Å². The highest BCUT2D eigenvalue weighted by Gasteiger charge is 2.44. The van der Waals surface area contributed by atoms with Crippen molar-refractivity contribution in [2.75, 3.05) is 13.1 Å². The van der Waals surface area contributed by atoms with E-state index in [2.05, 4.69) is 10.6 Å². The first-order chi connectivity index (χ1) is 13.6. The van der Waals surface area contributed by atoms with Crippen LogP contribution < -0.4 is 4.74 Å². The van der Waals surface area contributed by atoms with Crippen LogP contribution >= 0.6 is 11.6 Å². The van der Waals surface area contributed by atoms with Gasteiger partial charge in [0, 0.05) is 43.2 Å². The second-order valence-electron chi connectivity index (χ2n) is 7.28. The number of phenols is 1. The van der Waals surface area contributed by atoms with Gasteiger partial charge in [-0.15, -0.1) is 0 Å². The molecule has 2 aliphatic heterocycles. The molecular formula is C22H19ClN2O3. The SMILES string of the molecule is O=C(c1ccccc1O)N1CCC2(CC1)Oc1cc(Cl)ccc1-n1cccc12. The molecular weight excluding hydrogens is 376 g/mol. The predicted octanol–water partition coefficient (Wildman–Crippen LogP) is 4.36. The standard InChI is InChI=1S/C22H19ClN2O3/c23-15-7-8-17-19(14-15)28-22(20-6-3-11-25(17)20)9-12-24(13-10-22)21(27)16-4-1-2-5-18(16)26/h1-8,11,14,26H,9-10,12-13H2. The minimum Gasteiger partial charge on any atom is -0.507 e. The molecule has 1 saturated heterocycles. The number of likely N-dealkylation sites (tertiary alicyclic amines) is 1. The number of piperidine rings is 1. The van der Waals surface area contributed by atoms with Gasteiger partial charge >= 0.3 is 0 Å². The number of amides is 1. The Labute approximate surface area is 167 Å². The van der Waals surface area contributed by atoms with Crippen molar-refractivity contribution in [3.05, 3.63) is 77.1 Å². The van der Waals surface area contributed by atoms with E-state index in [1.54, 1.807) is 23.1 Å². The van der Waals surface area contributed by atoms with E-state index in [1.165, 1.54) is 6.07 Å². The molecule has 1 amide bonds. The predicted molar refractivity (Wildman–Crippen MR) is 106 cm³/mol. The fourth-order valence-electron chi connectivity index (χ4n) is 4.25. The normalized spacial score (nSPS) is 17.0. The largest absolute Gasteiger partial charge is 0.507 e. The van der Waals surface area contributed by atoms with Gasteiger partial charge in [0.15, 0.2) is 5.60 Å². The van der Waals surface area contributed by atoms with E-state index in [0.29, 0.717) is 36.5 Å². The van der Waals surface area contributed by atoms with Crippen molar-refractivity contribution < 1.29 is 14.6 Å². The highest BCUT2D eigenvalue weighted by molar-refractivity contribution is 6.30. The third kappa shape index (κ3) is 2.58. The molecule has 0 bridgehead atoms. The molecule has 1 fully saturated rings. The van der Waals surface area contributed by atoms with Crippen molar-refractivity contribution in [2.45, 2.75) is 18.4 Å². The molecule has 1 N–H and O–H groups in total. The number of hydrogen-bond donors (Lipinski definition) is 1. The molecule has 0 unspecified atom stereocenters. The fourth-order valence-corrected chi connectivity index (χ4v) is 4.41. The molecule has 2 aromatic carbocycles. The Morgan fingerprint density at radius 3 is 2.64 bits per heavy atom. The Hall–Kier alpha value is -2.92. The number of phenolic OH excluding ortho intramolecular Hbond substituents is 1. The highest BCUT2D eigenvalue weighted by atomic mass is 35.5. The van der Waals surface area contributed by atoms with Crippen molar-refractivity contribution in [3.8, 4) is 17.2 Å². The van der Waals surface area contributed by atoms with Crippen molar-refractivity contribution in [1.29, 1.82) is 0 Å².